The van der Waals surface area contributed by atoms with E-state index in [1.165, 1.54) is 24.8 Å². The largest absolute Gasteiger partial charge is 0.337 e. The molecular weight excluding hydrogens is 360 g/mol. The van der Waals surface area contributed by atoms with Crippen molar-refractivity contribution < 1.29 is 4.79 Å². The van der Waals surface area contributed by atoms with Crippen LogP contribution in [0, 0.1) is 0 Å². The number of carbonyl (C=O) groups excluding carboxylic acids is 1. The van der Waals surface area contributed by atoms with Crippen LogP contribution in [-0.4, -0.2) is 57.5 Å². The highest BCUT2D eigenvalue weighted by molar-refractivity contribution is 5.77. The number of benzene rings is 1. The highest BCUT2D eigenvalue weighted by Gasteiger charge is 2.45. The van der Waals surface area contributed by atoms with E-state index < -0.39 is 0 Å². The first-order chi connectivity index (χ1) is 14.2. The maximum absolute atomic E-state index is 13.4. The van der Waals surface area contributed by atoms with E-state index in [1.807, 2.05) is 12.4 Å². The lowest BCUT2D eigenvalue weighted by molar-refractivity contribution is -0.133. The van der Waals surface area contributed by atoms with Crippen molar-refractivity contribution in [3.05, 3.63) is 54.1 Å². The van der Waals surface area contributed by atoms with Crippen LogP contribution in [0.15, 0.2) is 42.7 Å². The normalized spacial score (nSPS) is 25.4. The molecule has 2 fully saturated rings. The van der Waals surface area contributed by atoms with Crippen molar-refractivity contribution in [3.8, 4) is 0 Å². The molecule has 0 unspecified atom stereocenters. The van der Waals surface area contributed by atoms with Gasteiger partial charge in [0.15, 0.2) is 0 Å². The summed E-state index contributed by atoms with van der Waals surface area (Å²) in [6, 6.07) is 11.6. The van der Waals surface area contributed by atoms with Crippen LogP contribution >= 0.6 is 0 Å². The molecule has 2 saturated heterocycles. The van der Waals surface area contributed by atoms with Gasteiger partial charge in [0.2, 0.25) is 5.91 Å². The van der Waals surface area contributed by atoms with Crippen LogP contribution < -0.4 is 0 Å². The molecule has 1 aromatic carbocycles. The zero-order chi connectivity index (χ0) is 20.2. The third kappa shape index (κ3) is 4.25. The van der Waals surface area contributed by atoms with E-state index in [9.17, 15) is 4.79 Å². The first-order valence-electron chi connectivity index (χ1n) is 11.2. The second-order valence-corrected chi connectivity index (χ2v) is 8.59. The lowest BCUT2D eigenvalue weighted by atomic mass is 9.87. The molecule has 3 heterocycles. The van der Waals surface area contributed by atoms with Gasteiger partial charge in [-0.05, 0) is 32.0 Å². The van der Waals surface area contributed by atoms with Crippen LogP contribution in [0.25, 0.3) is 0 Å². The zero-order valence-electron chi connectivity index (χ0n) is 17.8. The van der Waals surface area contributed by atoms with Crippen molar-refractivity contribution in [3.63, 3.8) is 0 Å². The Labute approximate surface area is 174 Å². The molecule has 3 atom stereocenters. The molecule has 5 nitrogen and oxygen atoms in total. The van der Waals surface area contributed by atoms with E-state index in [0.717, 1.165) is 38.3 Å². The third-order valence-corrected chi connectivity index (χ3v) is 6.85. The van der Waals surface area contributed by atoms with E-state index in [0.29, 0.717) is 30.3 Å². The van der Waals surface area contributed by atoms with Gasteiger partial charge in [-0.25, -0.2) is 4.98 Å². The van der Waals surface area contributed by atoms with Crippen molar-refractivity contribution in [2.24, 2.45) is 0 Å². The number of nitrogens with zero attached hydrogens (tertiary/aromatic N) is 4. The number of hydrogen-bond acceptors (Lipinski definition) is 3. The summed E-state index contributed by atoms with van der Waals surface area (Å²) in [6.45, 7) is 4.80. The van der Waals surface area contributed by atoms with Gasteiger partial charge in [-0.2, -0.15) is 0 Å². The summed E-state index contributed by atoms with van der Waals surface area (Å²) in [6.07, 6.45) is 10.2. The number of aromatic nitrogens is 2. The van der Waals surface area contributed by atoms with Gasteiger partial charge in [0.25, 0.3) is 0 Å². The Morgan fingerprint density at radius 1 is 1.17 bits per heavy atom. The lowest BCUT2D eigenvalue weighted by Gasteiger charge is -2.37. The molecule has 4 rings (SSSR count). The Morgan fingerprint density at radius 2 is 2.00 bits per heavy atom. The molecule has 0 radical (unpaired) electrons. The molecule has 2 aliphatic rings. The predicted octanol–water partition coefficient (Wildman–Crippen LogP) is 3.70. The molecule has 1 amide bonds. The van der Waals surface area contributed by atoms with Crippen LogP contribution in [0.2, 0.25) is 0 Å². The maximum atomic E-state index is 13.4. The number of hydrogen-bond donors (Lipinski definition) is 0. The monoisotopic (exact) mass is 394 g/mol. The van der Waals surface area contributed by atoms with Gasteiger partial charge in [-0.15, -0.1) is 0 Å². The maximum Gasteiger partial charge on any atom is 0.224 e. The SMILES string of the molecule is CCc1nccn1CCC(=O)N1C[C@@H](c2ccccc2)[C@H]2[C@H]1CCCCCN2C. The molecule has 0 saturated carbocycles. The Bertz CT molecular complexity index is 802. The van der Waals surface area contributed by atoms with Crippen molar-refractivity contribution in [2.45, 2.75) is 70.0 Å². The van der Waals surface area contributed by atoms with Gasteiger partial charge in [0, 0.05) is 56.3 Å². The van der Waals surface area contributed by atoms with E-state index >= 15 is 0 Å². The number of likely N-dealkylation sites (tertiary alicyclic amines) is 2. The summed E-state index contributed by atoms with van der Waals surface area (Å²) in [4.78, 5) is 22.5. The molecule has 2 aliphatic heterocycles. The van der Waals surface area contributed by atoms with Crippen LogP contribution in [0.4, 0.5) is 0 Å². The third-order valence-electron chi connectivity index (χ3n) is 6.85. The van der Waals surface area contributed by atoms with Crippen molar-refractivity contribution in [2.75, 3.05) is 20.1 Å². The van der Waals surface area contributed by atoms with Crippen LogP contribution in [0.1, 0.15) is 56.3 Å². The average molecular weight is 395 g/mol. The highest BCUT2D eigenvalue weighted by atomic mass is 16.2. The highest BCUT2D eigenvalue weighted by Crippen LogP contribution is 2.38. The zero-order valence-corrected chi connectivity index (χ0v) is 17.8. The fourth-order valence-electron chi connectivity index (χ4n) is 5.38. The minimum atomic E-state index is 0.295. The van der Waals surface area contributed by atoms with Gasteiger partial charge in [-0.1, -0.05) is 50.1 Å². The Hall–Kier alpha value is -2.14. The van der Waals surface area contributed by atoms with E-state index in [-0.39, 0.29) is 0 Å². The summed E-state index contributed by atoms with van der Waals surface area (Å²) in [5.41, 5.74) is 1.37. The first-order valence-corrected chi connectivity index (χ1v) is 11.2. The lowest BCUT2D eigenvalue weighted by Crippen LogP contribution is -2.47. The fourth-order valence-corrected chi connectivity index (χ4v) is 5.38. The molecule has 5 heteroatoms. The van der Waals surface area contributed by atoms with Gasteiger partial charge >= 0.3 is 0 Å². The van der Waals surface area contributed by atoms with Gasteiger partial charge in [-0.3, -0.25) is 4.79 Å². The van der Waals surface area contributed by atoms with E-state index in [2.05, 4.69) is 63.7 Å². The molecule has 2 aromatic rings. The number of carbonyl (C=O) groups is 1. The molecule has 156 valence electrons. The van der Waals surface area contributed by atoms with Crippen molar-refractivity contribution in [1.82, 2.24) is 19.4 Å². The van der Waals surface area contributed by atoms with Crippen molar-refractivity contribution >= 4 is 5.91 Å². The molecule has 0 aliphatic carbocycles. The number of likely N-dealkylation sites (N-methyl/N-ethyl adjacent to an activating group) is 1. The molecule has 0 spiro atoms. The molecule has 0 bridgehead atoms. The number of amides is 1. The summed E-state index contributed by atoms with van der Waals surface area (Å²) in [7, 11) is 2.26. The molecule has 29 heavy (non-hydrogen) atoms. The topological polar surface area (TPSA) is 41.4 Å². The van der Waals surface area contributed by atoms with Gasteiger partial charge in [0.1, 0.15) is 5.82 Å². The molecular formula is C24H34N4O. The number of imidazole rings is 1. The predicted molar refractivity (Wildman–Crippen MR) is 116 cm³/mol. The minimum Gasteiger partial charge on any atom is -0.337 e. The van der Waals surface area contributed by atoms with Crippen LogP contribution in [0.5, 0.6) is 0 Å². The van der Waals surface area contributed by atoms with Gasteiger partial charge < -0.3 is 14.4 Å². The Balaban J connectivity index is 1.54. The molecule has 1 aromatic heterocycles. The van der Waals surface area contributed by atoms with Crippen molar-refractivity contribution in [1.29, 1.82) is 0 Å². The quantitative estimate of drug-likeness (QED) is 0.776. The minimum absolute atomic E-state index is 0.295. The Kier molecular flexibility index (Phi) is 6.34. The number of aryl methyl sites for hydroxylation is 2. The number of fused-ring (bicyclic) bond motifs is 1. The first kappa shape index (κ1) is 20.1. The smallest absolute Gasteiger partial charge is 0.224 e. The molecule has 0 N–H and O–H groups in total. The second kappa shape index (κ2) is 9.12. The summed E-state index contributed by atoms with van der Waals surface area (Å²) < 4.78 is 2.13. The standard InChI is InChI=1S/C24H34N4O/c1-3-22-25-14-17-27(22)16-13-23(29)28-18-20(19-10-6-4-7-11-19)24-21(28)12-8-5-9-15-26(24)2/h4,6-7,10-11,14,17,20-21,24H,3,5,8-9,12-13,15-16,18H2,1-2H3/t20-,21+,24-/m0/s1. The van der Waals surface area contributed by atoms with Gasteiger partial charge in [0.05, 0.1) is 0 Å². The van der Waals surface area contributed by atoms with E-state index in [4.69, 9.17) is 0 Å². The summed E-state index contributed by atoms with van der Waals surface area (Å²) in [5.74, 6) is 1.75. The Morgan fingerprint density at radius 3 is 2.79 bits per heavy atom. The van der Waals surface area contributed by atoms with Crippen LogP contribution in [0.3, 0.4) is 0 Å². The average Bonchev–Trinajstić information content (AvgIpc) is 3.35. The second-order valence-electron chi connectivity index (χ2n) is 8.59. The van der Waals surface area contributed by atoms with E-state index in [1.54, 1.807) is 0 Å². The number of rotatable bonds is 5. The summed E-state index contributed by atoms with van der Waals surface area (Å²) in [5, 5.41) is 0. The summed E-state index contributed by atoms with van der Waals surface area (Å²) >= 11 is 0. The van der Waals surface area contributed by atoms with Crippen LogP contribution in [-0.2, 0) is 17.8 Å². The fraction of sp³-hybridized carbons (Fsp3) is 0.583.